The molecule has 0 bridgehead atoms. The molecular weight excluding hydrogens is 411 g/mol. The molecule has 0 atom stereocenters. The summed E-state index contributed by atoms with van der Waals surface area (Å²) in [6.07, 6.45) is 0.599. The zero-order chi connectivity index (χ0) is 22.4. The van der Waals surface area contributed by atoms with E-state index in [1.54, 1.807) is 6.33 Å². The van der Waals surface area contributed by atoms with Gasteiger partial charge < -0.3 is 15.4 Å². The average Bonchev–Trinajstić information content (AvgIpc) is 3.36. The third kappa shape index (κ3) is 5.92. The van der Waals surface area contributed by atoms with Crippen molar-refractivity contribution in [2.45, 2.75) is 19.3 Å². The Hall–Kier alpha value is -3.66. The first-order valence-corrected chi connectivity index (χ1v) is 9.24. The molecule has 10 heteroatoms. The van der Waals surface area contributed by atoms with Gasteiger partial charge in [-0.15, -0.1) is 0 Å². The minimum atomic E-state index is -5.08. The molecule has 0 fully saturated rings. The van der Waals surface area contributed by atoms with Gasteiger partial charge in [0.25, 0.3) is 0 Å². The van der Waals surface area contributed by atoms with Crippen LogP contribution < -0.4 is 5.32 Å². The van der Waals surface area contributed by atoms with Crippen LogP contribution in [-0.4, -0.2) is 37.0 Å². The van der Waals surface area contributed by atoms with Crippen molar-refractivity contribution in [3.05, 3.63) is 72.3 Å². The van der Waals surface area contributed by atoms with Gasteiger partial charge in [0, 0.05) is 31.9 Å². The molecule has 2 aromatic heterocycles. The van der Waals surface area contributed by atoms with Gasteiger partial charge in [-0.3, -0.25) is 4.68 Å². The van der Waals surface area contributed by atoms with Crippen LogP contribution >= 0.6 is 0 Å². The van der Waals surface area contributed by atoms with Crippen LogP contribution in [0.4, 0.5) is 13.2 Å². The van der Waals surface area contributed by atoms with E-state index < -0.39 is 12.1 Å². The lowest BCUT2D eigenvalue weighted by Gasteiger charge is -2.09. The zero-order valence-corrected chi connectivity index (χ0v) is 16.5. The second kappa shape index (κ2) is 9.43. The smallest absolute Gasteiger partial charge is 0.475 e. The van der Waals surface area contributed by atoms with E-state index in [1.165, 1.54) is 16.7 Å². The number of fused-ring (bicyclic) bond motifs is 1. The molecule has 0 aliphatic rings. The fourth-order valence-electron chi connectivity index (χ4n) is 2.95. The lowest BCUT2D eigenvalue weighted by molar-refractivity contribution is -0.192. The highest BCUT2D eigenvalue weighted by molar-refractivity contribution is 5.75. The Kier molecular flexibility index (Phi) is 6.71. The van der Waals surface area contributed by atoms with E-state index in [0.29, 0.717) is 0 Å². The van der Waals surface area contributed by atoms with Crippen molar-refractivity contribution >= 4 is 17.0 Å². The SMILES string of the molecule is Cn1cc(-c2ccccc2CNCc2ccc3nc[nH]c3c2)cn1.O=C(O)C(F)(F)F. The molecule has 4 rings (SSSR count). The fourth-order valence-corrected chi connectivity index (χ4v) is 2.95. The van der Waals surface area contributed by atoms with E-state index in [1.807, 2.05) is 30.2 Å². The second-order valence-electron chi connectivity index (χ2n) is 6.72. The number of alkyl halides is 3. The van der Waals surface area contributed by atoms with Crippen molar-refractivity contribution in [2.75, 3.05) is 0 Å². The van der Waals surface area contributed by atoms with E-state index in [0.717, 1.165) is 29.7 Å². The number of aliphatic carboxylic acids is 1. The molecule has 4 aromatic rings. The van der Waals surface area contributed by atoms with E-state index in [2.05, 4.69) is 56.8 Å². The zero-order valence-electron chi connectivity index (χ0n) is 16.5. The summed E-state index contributed by atoms with van der Waals surface area (Å²) in [5.74, 6) is -2.76. The largest absolute Gasteiger partial charge is 0.490 e. The van der Waals surface area contributed by atoms with Gasteiger partial charge in [0.05, 0.1) is 23.6 Å². The van der Waals surface area contributed by atoms with Crippen molar-refractivity contribution in [2.24, 2.45) is 7.05 Å². The van der Waals surface area contributed by atoms with Crippen LogP contribution in [0.5, 0.6) is 0 Å². The normalized spacial score (nSPS) is 11.2. The summed E-state index contributed by atoms with van der Waals surface area (Å²) >= 11 is 0. The molecule has 0 unspecified atom stereocenters. The number of carbonyl (C=O) groups is 1. The maximum atomic E-state index is 10.6. The Morgan fingerprint density at radius 1 is 1.19 bits per heavy atom. The fraction of sp³-hybridized carbons (Fsp3) is 0.190. The summed E-state index contributed by atoms with van der Waals surface area (Å²) in [5, 5.41) is 14.9. The number of H-pyrrole nitrogens is 1. The lowest BCUT2D eigenvalue weighted by Crippen LogP contribution is -2.21. The highest BCUT2D eigenvalue weighted by Crippen LogP contribution is 2.23. The molecular formula is C21H20F3N5O2. The molecule has 0 amide bonds. The van der Waals surface area contributed by atoms with Crippen LogP contribution in [0.25, 0.3) is 22.2 Å². The molecule has 2 aromatic carbocycles. The monoisotopic (exact) mass is 431 g/mol. The summed E-state index contributed by atoms with van der Waals surface area (Å²) in [5.41, 5.74) is 6.96. The number of nitrogens with zero attached hydrogens (tertiary/aromatic N) is 3. The molecule has 0 aliphatic heterocycles. The molecule has 162 valence electrons. The summed E-state index contributed by atoms with van der Waals surface area (Å²) in [7, 11) is 1.94. The number of hydrogen-bond acceptors (Lipinski definition) is 4. The highest BCUT2D eigenvalue weighted by atomic mass is 19.4. The van der Waals surface area contributed by atoms with Crippen molar-refractivity contribution < 1.29 is 23.1 Å². The Balaban J connectivity index is 0.000000339. The van der Waals surface area contributed by atoms with Crippen molar-refractivity contribution in [1.29, 1.82) is 0 Å². The van der Waals surface area contributed by atoms with E-state index in [9.17, 15) is 13.2 Å². The number of carboxylic acid groups (broad SMARTS) is 1. The van der Waals surface area contributed by atoms with E-state index in [4.69, 9.17) is 9.90 Å². The first-order chi connectivity index (χ1) is 14.7. The average molecular weight is 431 g/mol. The van der Waals surface area contributed by atoms with E-state index in [-0.39, 0.29) is 0 Å². The summed E-state index contributed by atoms with van der Waals surface area (Å²) < 4.78 is 33.6. The van der Waals surface area contributed by atoms with Crippen LogP contribution in [0, 0.1) is 0 Å². The summed E-state index contributed by atoms with van der Waals surface area (Å²) in [6, 6.07) is 14.8. The number of aromatic amines is 1. The number of aryl methyl sites for hydroxylation is 1. The van der Waals surface area contributed by atoms with Crippen LogP contribution in [0.2, 0.25) is 0 Å². The van der Waals surface area contributed by atoms with Gasteiger partial charge in [-0.25, -0.2) is 9.78 Å². The van der Waals surface area contributed by atoms with Crippen LogP contribution in [-0.2, 0) is 24.9 Å². The molecule has 0 radical (unpaired) electrons. The Morgan fingerprint density at radius 3 is 2.61 bits per heavy atom. The predicted molar refractivity (Wildman–Crippen MR) is 109 cm³/mol. The Labute approximate surface area is 175 Å². The number of imidazole rings is 1. The van der Waals surface area contributed by atoms with Gasteiger partial charge in [-0.05, 0) is 28.8 Å². The Morgan fingerprint density at radius 2 is 1.94 bits per heavy atom. The Bertz CT molecular complexity index is 1170. The molecule has 3 N–H and O–H groups in total. The van der Waals surface area contributed by atoms with Crippen molar-refractivity contribution in [3.8, 4) is 11.1 Å². The molecule has 0 aliphatic carbocycles. The molecule has 0 saturated carbocycles. The van der Waals surface area contributed by atoms with Crippen LogP contribution in [0.3, 0.4) is 0 Å². The third-order valence-electron chi connectivity index (χ3n) is 4.40. The maximum absolute atomic E-state index is 10.6. The van der Waals surface area contributed by atoms with E-state index >= 15 is 0 Å². The van der Waals surface area contributed by atoms with Gasteiger partial charge in [0.1, 0.15) is 0 Å². The van der Waals surface area contributed by atoms with Gasteiger partial charge in [0.15, 0.2) is 0 Å². The minimum Gasteiger partial charge on any atom is -0.475 e. The predicted octanol–water partition coefficient (Wildman–Crippen LogP) is 3.89. The van der Waals surface area contributed by atoms with Gasteiger partial charge in [0.2, 0.25) is 0 Å². The van der Waals surface area contributed by atoms with Crippen LogP contribution in [0.15, 0.2) is 61.2 Å². The molecule has 2 heterocycles. The molecule has 7 nitrogen and oxygen atoms in total. The maximum Gasteiger partial charge on any atom is 0.490 e. The third-order valence-corrected chi connectivity index (χ3v) is 4.40. The summed E-state index contributed by atoms with van der Waals surface area (Å²) in [4.78, 5) is 16.3. The van der Waals surface area contributed by atoms with Gasteiger partial charge in [-0.1, -0.05) is 30.3 Å². The van der Waals surface area contributed by atoms with Crippen LogP contribution in [0.1, 0.15) is 11.1 Å². The molecule has 0 spiro atoms. The number of rotatable bonds is 5. The molecule has 31 heavy (non-hydrogen) atoms. The second-order valence-corrected chi connectivity index (χ2v) is 6.72. The number of nitrogens with one attached hydrogen (secondary N) is 2. The molecule has 0 saturated heterocycles. The number of aromatic nitrogens is 4. The number of hydrogen-bond donors (Lipinski definition) is 3. The number of benzene rings is 2. The quantitative estimate of drug-likeness (QED) is 0.446. The first-order valence-electron chi connectivity index (χ1n) is 9.24. The van der Waals surface area contributed by atoms with Gasteiger partial charge in [-0.2, -0.15) is 18.3 Å². The van der Waals surface area contributed by atoms with Gasteiger partial charge >= 0.3 is 12.1 Å². The number of halogens is 3. The topological polar surface area (TPSA) is 95.8 Å². The summed E-state index contributed by atoms with van der Waals surface area (Å²) in [6.45, 7) is 1.63. The lowest BCUT2D eigenvalue weighted by atomic mass is 10.0. The number of carboxylic acids is 1. The minimum absolute atomic E-state index is 0.812. The van der Waals surface area contributed by atoms with Crippen molar-refractivity contribution in [1.82, 2.24) is 25.1 Å². The van der Waals surface area contributed by atoms with Crippen molar-refractivity contribution in [3.63, 3.8) is 0 Å². The highest BCUT2D eigenvalue weighted by Gasteiger charge is 2.38. The standard InChI is InChI=1S/C19H19N5.C2HF3O2/c1-24-12-16(11-23-24)17-5-3-2-4-15(17)10-20-9-14-6-7-18-19(8-14)22-13-21-18;3-2(4,5)1(6)7/h2-8,11-13,20H,9-10H2,1H3,(H,21,22);(H,6,7). The first kappa shape index (κ1) is 22.0.